The van der Waals surface area contributed by atoms with Gasteiger partial charge in [-0.2, -0.15) is 13.2 Å². The van der Waals surface area contributed by atoms with E-state index in [0.29, 0.717) is 17.8 Å². The lowest BCUT2D eigenvalue weighted by molar-refractivity contribution is -0.141. The summed E-state index contributed by atoms with van der Waals surface area (Å²) in [5, 5.41) is 0. The lowest BCUT2D eigenvalue weighted by Crippen LogP contribution is -2.28. The van der Waals surface area contributed by atoms with E-state index in [1.807, 2.05) is 18.3 Å². The van der Waals surface area contributed by atoms with Gasteiger partial charge in [0.2, 0.25) is 0 Å². The Kier molecular flexibility index (Phi) is 5.31. The topological polar surface area (TPSA) is 54.8 Å². The van der Waals surface area contributed by atoms with Crippen LogP contribution in [0.5, 0.6) is 0 Å². The van der Waals surface area contributed by atoms with Crippen LogP contribution < -0.4 is 0 Å². The third kappa shape index (κ3) is 4.37. The number of hydrogen-bond donors (Lipinski definition) is 0. The second kappa shape index (κ2) is 8.06. The van der Waals surface area contributed by atoms with E-state index in [1.54, 1.807) is 30.9 Å². The first kappa shape index (κ1) is 19.8. The van der Waals surface area contributed by atoms with Gasteiger partial charge in [-0.1, -0.05) is 18.2 Å². The molecule has 1 atom stereocenters. The monoisotopic (exact) mass is 409 g/mol. The van der Waals surface area contributed by atoms with E-state index < -0.39 is 11.9 Å². The second-order valence-corrected chi connectivity index (χ2v) is 6.93. The molecular formula is C22H18F3N5. The maximum absolute atomic E-state index is 12.9. The smallest absolute Gasteiger partial charge is 0.366 e. The second-order valence-electron chi connectivity index (χ2n) is 6.93. The minimum atomic E-state index is -4.49. The van der Waals surface area contributed by atoms with Crippen LogP contribution in [0.2, 0.25) is 0 Å². The van der Waals surface area contributed by atoms with Crippen molar-refractivity contribution < 1.29 is 13.2 Å². The van der Waals surface area contributed by atoms with Gasteiger partial charge in [0.05, 0.1) is 17.6 Å². The van der Waals surface area contributed by atoms with Gasteiger partial charge in [-0.25, -0.2) is 0 Å². The zero-order chi connectivity index (χ0) is 21.1. The fourth-order valence-corrected chi connectivity index (χ4v) is 3.13. The van der Waals surface area contributed by atoms with E-state index in [2.05, 4.69) is 37.8 Å². The zero-order valence-electron chi connectivity index (χ0n) is 16.1. The van der Waals surface area contributed by atoms with Gasteiger partial charge in [0.1, 0.15) is 5.69 Å². The molecule has 0 spiro atoms. The van der Waals surface area contributed by atoms with E-state index in [-0.39, 0.29) is 6.04 Å². The maximum Gasteiger partial charge on any atom is 0.433 e. The van der Waals surface area contributed by atoms with Gasteiger partial charge in [0, 0.05) is 54.7 Å². The summed E-state index contributed by atoms with van der Waals surface area (Å²) in [5.41, 5.74) is 2.61. The highest BCUT2D eigenvalue weighted by molar-refractivity contribution is 5.72. The van der Waals surface area contributed by atoms with Crippen molar-refractivity contribution in [2.24, 2.45) is 0 Å². The van der Waals surface area contributed by atoms with Crippen LogP contribution in [0, 0.1) is 0 Å². The number of hydrogen-bond acceptors (Lipinski definition) is 5. The van der Waals surface area contributed by atoms with E-state index in [4.69, 9.17) is 0 Å². The highest BCUT2D eigenvalue weighted by atomic mass is 19.4. The molecule has 1 aliphatic rings. The summed E-state index contributed by atoms with van der Waals surface area (Å²) in [6, 6.07) is 6.30. The predicted octanol–water partition coefficient (Wildman–Crippen LogP) is 4.75. The van der Waals surface area contributed by atoms with Crippen LogP contribution >= 0.6 is 0 Å². The molecule has 5 nitrogen and oxygen atoms in total. The molecule has 0 aromatic carbocycles. The van der Waals surface area contributed by atoms with Crippen LogP contribution in [-0.4, -0.2) is 30.9 Å². The fourth-order valence-electron chi connectivity index (χ4n) is 3.13. The van der Waals surface area contributed by atoms with Crippen LogP contribution in [0.4, 0.5) is 13.2 Å². The van der Waals surface area contributed by atoms with Gasteiger partial charge in [-0.15, -0.1) is 0 Å². The molecule has 1 unspecified atom stereocenters. The average Bonchev–Trinajstić information content (AvgIpc) is 2.76. The van der Waals surface area contributed by atoms with Crippen LogP contribution in [0.15, 0.2) is 73.6 Å². The van der Waals surface area contributed by atoms with Crippen LogP contribution in [0.3, 0.4) is 0 Å². The molecule has 0 saturated heterocycles. The van der Waals surface area contributed by atoms with E-state index in [0.717, 1.165) is 29.1 Å². The lowest BCUT2D eigenvalue weighted by atomic mass is 10.1. The van der Waals surface area contributed by atoms with E-state index >= 15 is 0 Å². The van der Waals surface area contributed by atoms with Crippen molar-refractivity contribution in [1.82, 2.24) is 24.8 Å². The zero-order valence-corrected chi connectivity index (χ0v) is 16.1. The van der Waals surface area contributed by atoms with Crippen LogP contribution in [-0.2, 0) is 12.7 Å². The molecular weight excluding hydrogens is 391 g/mol. The standard InChI is InChI=1S/C22H18F3N5/c1-15-2-4-18(20-12-26-8-9-27-20)14-30(15)13-16-3-5-19(29-11-16)17-6-7-28-21(10-17)22(23,24)25/h2-12,14-15H,13H2,1H3. The van der Waals surface area contributed by atoms with E-state index in [1.165, 1.54) is 6.07 Å². The Hall–Kier alpha value is -3.55. The summed E-state index contributed by atoms with van der Waals surface area (Å²) in [6.45, 7) is 2.69. The average molecular weight is 409 g/mol. The largest absolute Gasteiger partial charge is 0.433 e. The molecule has 8 heteroatoms. The maximum atomic E-state index is 12.9. The van der Waals surface area contributed by atoms with Crippen LogP contribution in [0.25, 0.3) is 16.8 Å². The molecule has 4 heterocycles. The molecule has 0 aliphatic carbocycles. The van der Waals surface area contributed by atoms with Gasteiger partial charge in [-0.05, 0) is 30.7 Å². The summed E-state index contributed by atoms with van der Waals surface area (Å²) in [4.78, 5) is 18.3. The third-order valence-electron chi connectivity index (χ3n) is 4.78. The molecule has 3 aromatic rings. The normalized spacial score (nSPS) is 16.5. The number of rotatable bonds is 4. The Bertz CT molecular complexity index is 1080. The Morgan fingerprint density at radius 1 is 0.967 bits per heavy atom. The number of alkyl halides is 3. The molecule has 152 valence electrons. The van der Waals surface area contributed by atoms with Crippen molar-refractivity contribution >= 4 is 5.57 Å². The molecule has 0 N–H and O–H groups in total. The van der Waals surface area contributed by atoms with Crippen molar-refractivity contribution in [2.75, 3.05) is 0 Å². The molecule has 1 aliphatic heterocycles. The van der Waals surface area contributed by atoms with E-state index in [9.17, 15) is 13.2 Å². The summed E-state index contributed by atoms with van der Waals surface area (Å²) < 4.78 is 38.7. The van der Waals surface area contributed by atoms with Gasteiger partial charge < -0.3 is 4.90 Å². The van der Waals surface area contributed by atoms with Gasteiger partial charge in [0.25, 0.3) is 0 Å². The lowest BCUT2D eigenvalue weighted by Gasteiger charge is -2.29. The first-order chi connectivity index (χ1) is 14.4. The Morgan fingerprint density at radius 3 is 2.53 bits per heavy atom. The Morgan fingerprint density at radius 2 is 1.83 bits per heavy atom. The number of pyridine rings is 2. The van der Waals surface area contributed by atoms with Crippen molar-refractivity contribution in [3.05, 3.63) is 90.6 Å². The molecule has 0 saturated carbocycles. The molecule has 0 radical (unpaired) electrons. The van der Waals surface area contributed by atoms with Crippen molar-refractivity contribution in [1.29, 1.82) is 0 Å². The summed E-state index contributed by atoms with van der Waals surface area (Å²) >= 11 is 0. The molecule has 4 rings (SSSR count). The van der Waals surface area contributed by atoms with Crippen molar-refractivity contribution in [3.63, 3.8) is 0 Å². The quantitative estimate of drug-likeness (QED) is 0.622. The van der Waals surface area contributed by atoms with Crippen molar-refractivity contribution in [3.8, 4) is 11.3 Å². The van der Waals surface area contributed by atoms with Crippen molar-refractivity contribution in [2.45, 2.75) is 25.7 Å². The minimum absolute atomic E-state index is 0.180. The Balaban J connectivity index is 1.52. The summed E-state index contributed by atoms with van der Waals surface area (Å²) in [7, 11) is 0. The van der Waals surface area contributed by atoms with Gasteiger partial charge >= 0.3 is 6.18 Å². The highest BCUT2D eigenvalue weighted by Gasteiger charge is 2.32. The summed E-state index contributed by atoms with van der Waals surface area (Å²) in [6.07, 6.45) is 9.48. The van der Waals surface area contributed by atoms with Gasteiger partial charge in [0.15, 0.2) is 0 Å². The molecule has 0 fully saturated rings. The number of aromatic nitrogens is 4. The first-order valence-corrected chi connectivity index (χ1v) is 9.31. The number of halogens is 3. The Labute approximate surface area is 171 Å². The fraction of sp³-hybridized carbons (Fsp3) is 0.182. The molecule has 3 aromatic heterocycles. The number of allylic oxidation sites excluding steroid dienone is 2. The predicted molar refractivity (Wildman–Crippen MR) is 107 cm³/mol. The van der Waals surface area contributed by atoms with Gasteiger partial charge in [-0.3, -0.25) is 19.9 Å². The summed E-state index contributed by atoms with van der Waals surface area (Å²) in [5.74, 6) is 0. The third-order valence-corrected chi connectivity index (χ3v) is 4.78. The first-order valence-electron chi connectivity index (χ1n) is 9.31. The highest BCUT2D eigenvalue weighted by Crippen LogP contribution is 2.30. The minimum Gasteiger partial charge on any atom is -0.366 e. The van der Waals surface area contributed by atoms with Crippen LogP contribution in [0.1, 0.15) is 23.9 Å². The number of nitrogens with zero attached hydrogens (tertiary/aromatic N) is 5. The molecule has 0 amide bonds. The molecule has 0 bridgehead atoms. The SMILES string of the molecule is CC1C=CC(c2cnccn2)=CN1Cc1ccc(-c2ccnc(C(F)(F)F)c2)nc1. The molecule has 30 heavy (non-hydrogen) atoms.